The number of fused-ring (bicyclic) bond motifs is 1. The average Bonchev–Trinajstić information content (AvgIpc) is 3.05. The zero-order chi connectivity index (χ0) is 21.1. The molecule has 0 bridgehead atoms. The second kappa shape index (κ2) is 9.03. The number of hydrogen-bond donors (Lipinski definition) is 3. The molecule has 0 saturated heterocycles. The monoisotopic (exact) mass is 434 g/mol. The van der Waals surface area contributed by atoms with Gasteiger partial charge in [-0.2, -0.15) is 0 Å². The van der Waals surface area contributed by atoms with E-state index in [4.69, 9.17) is 28.9 Å². The summed E-state index contributed by atoms with van der Waals surface area (Å²) in [5.41, 5.74) is 9.69. The molecule has 1 aliphatic heterocycles. The predicted octanol–water partition coefficient (Wildman–Crippen LogP) is 3.94. The van der Waals surface area contributed by atoms with E-state index in [-0.39, 0.29) is 18.0 Å². The Balaban J connectivity index is 1.63. The summed E-state index contributed by atoms with van der Waals surface area (Å²) >= 11 is 12.1. The van der Waals surface area contributed by atoms with E-state index < -0.39 is 6.04 Å². The van der Waals surface area contributed by atoms with Crippen molar-refractivity contribution in [2.75, 3.05) is 5.32 Å². The van der Waals surface area contributed by atoms with Gasteiger partial charge in [0.2, 0.25) is 5.91 Å². The molecule has 0 aromatic heterocycles. The van der Waals surface area contributed by atoms with Gasteiger partial charge in [0.05, 0.1) is 6.04 Å². The number of halogens is 2. The number of nitrogens with two attached hydrogens (primary N) is 1. The third-order valence-corrected chi connectivity index (χ3v) is 5.28. The molecule has 8 heteroatoms. The first-order valence-electron chi connectivity index (χ1n) is 9.40. The minimum Gasteiger partial charge on any atom is -0.336 e. The smallest absolute Gasteiger partial charge is 0.319 e. The van der Waals surface area contributed by atoms with Gasteiger partial charge in [0, 0.05) is 34.9 Å². The van der Waals surface area contributed by atoms with Crippen molar-refractivity contribution in [1.29, 1.82) is 0 Å². The van der Waals surface area contributed by atoms with E-state index in [0.717, 1.165) is 16.7 Å². The van der Waals surface area contributed by atoms with E-state index in [1.54, 1.807) is 23.1 Å². The molecule has 0 aliphatic carbocycles. The third kappa shape index (κ3) is 5.41. The van der Waals surface area contributed by atoms with Gasteiger partial charge in [-0.15, -0.1) is 0 Å². The second-order valence-electron chi connectivity index (χ2n) is 7.48. The van der Waals surface area contributed by atoms with Crippen molar-refractivity contribution in [3.63, 3.8) is 0 Å². The predicted molar refractivity (Wildman–Crippen MR) is 116 cm³/mol. The maximum atomic E-state index is 12.8. The molecular formula is C21H24Cl2N4O2. The largest absolute Gasteiger partial charge is 0.336 e. The Morgan fingerprint density at radius 3 is 2.52 bits per heavy atom. The molecule has 0 radical (unpaired) electrons. The van der Waals surface area contributed by atoms with Gasteiger partial charge in [0.25, 0.3) is 0 Å². The number of nitrogens with zero attached hydrogens (tertiary/aromatic N) is 1. The standard InChI is InChI=1S/C21H24Cl2N4O2/c1-12(2)25-21(29)26-17-6-4-14-10-27(11-15(14)7-17)20(28)19(24)8-13-3-5-16(22)9-18(13)23/h3-7,9,12,19H,8,10-11,24H2,1-2H3,(H2,25,26,29)/t19-/m1/s1. The van der Waals surface area contributed by atoms with E-state index in [1.165, 1.54) is 0 Å². The summed E-state index contributed by atoms with van der Waals surface area (Å²) < 4.78 is 0. The van der Waals surface area contributed by atoms with Crippen molar-refractivity contribution in [3.05, 3.63) is 63.1 Å². The van der Waals surface area contributed by atoms with E-state index in [0.29, 0.717) is 35.2 Å². The van der Waals surface area contributed by atoms with Crippen molar-refractivity contribution in [3.8, 4) is 0 Å². The summed E-state index contributed by atoms with van der Waals surface area (Å²) in [6.45, 7) is 4.74. The Kier molecular flexibility index (Phi) is 6.67. The molecule has 2 aromatic carbocycles. The van der Waals surface area contributed by atoms with E-state index >= 15 is 0 Å². The van der Waals surface area contributed by atoms with Crippen molar-refractivity contribution in [1.82, 2.24) is 10.2 Å². The molecule has 1 heterocycles. The first-order chi connectivity index (χ1) is 13.7. The summed E-state index contributed by atoms with van der Waals surface area (Å²) in [4.78, 5) is 26.4. The molecule has 0 unspecified atom stereocenters. The third-order valence-electron chi connectivity index (χ3n) is 4.69. The highest BCUT2D eigenvalue weighted by atomic mass is 35.5. The van der Waals surface area contributed by atoms with E-state index in [2.05, 4.69) is 10.6 Å². The molecule has 4 N–H and O–H groups in total. The van der Waals surface area contributed by atoms with Crippen LogP contribution in [0.3, 0.4) is 0 Å². The number of rotatable bonds is 5. The molecule has 6 nitrogen and oxygen atoms in total. The zero-order valence-corrected chi connectivity index (χ0v) is 17.8. The first-order valence-corrected chi connectivity index (χ1v) is 10.2. The van der Waals surface area contributed by atoms with Crippen molar-refractivity contribution in [2.45, 2.75) is 45.4 Å². The van der Waals surface area contributed by atoms with Gasteiger partial charge in [-0.3, -0.25) is 4.79 Å². The van der Waals surface area contributed by atoms with Gasteiger partial charge < -0.3 is 21.3 Å². The number of carbonyl (C=O) groups is 2. The topological polar surface area (TPSA) is 87.5 Å². The van der Waals surface area contributed by atoms with Crippen molar-refractivity contribution >= 4 is 40.8 Å². The number of anilines is 1. The van der Waals surface area contributed by atoms with Crippen LogP contribution in [0, 0.1) is 0 Å². The van der Waals surface area contributed by atoms with Crippen LogP contribution in [-0.4, -0.2) is 28.9 Å². The maximum Gasteiger partial charge on any atom is 0.319 e. The van der Waals surface area contributed by atoms with Crippen LogP contribution >= 0.6 is 23.2 Å². The number of carbonyl (C=O) groups excluding carboxylic acids is 2. The van der Waals surface area contributed by atoms with Gasteiger partial charge in [0.15, 0.2) is 0 Å². The fourth-order valence-electron chi connectivity index (χ4n) is 3.30. The molecule has 0 saturated carbocycles. The molecule has 2 aromatic rings. The molecule has 0 fully saturated rings. The molecule has 154 valence electrons. The Labute approximate surface area is 180 Å². The van der Waals surface area contributed by atoms with Gasteiger partial charge in [0.1, 0.15) is 0 Å². The van der Waals surface area contributed by atoms with Crippen LogP contribution < -0.4 is 16.4 Å². The summed E-state index contributed by atoms with van der Waals surface area (Å²) in [6.07, 6.45) is 0.337. The zero-order valence-electron chi connectivity index (χ0n) is 16.3. The first kappa shape index (κ1) is 21.4. The van der Waals surface area contributed by atoms with E-state index in [1.807, 2.05) is 32.0 Å². The number of nitrogens with one attached hydrogen (secondary N) is 2. The number of amides is 3. The highest BCUT2D eigenvalue weighted by molar-refractivity contribution is 6.35. The van der Waals surface area contributed by atoms with Gasteiger partial charge in [-0.1, -0.05) is 35.3 Å². The Morgan fingerprint density at radius 2 is 1.83 bits per heavy atom. The Hall–Kier alpha value is -2.28. The lowest BCUT2D eigenvalue weighted by molar-refractivity contribution is -0.133. The van der Waals surface area contributed by atoms with Gasteiger partial charge in [-0.25, -0.2) is 4.79 Å². The summed E-state index contributed by atoms with van der Waals surface area (Å²) in [6, 6.07) is 9.91. The summed E-state index contributed by atoms with van der Waals surface area (Å²) in [5, 5.41) is 6.63. The molecule has 0 spiro atoms. The fraction of sp³-hybridized carbons (Fsp3) is 0.333. The minimum atomic E-state index is -0.697. The van der Waals surface area contributed by atoms with Crippen LogP contribution in [-0.2, 0) is 24.3 Å². The van der Waals surface area contributed by atoms with Gasteiger partial charge >= 0.3 is 6.03 Å². The lowest BCUT2D eigenvalue weighted by atomic mass is 10.1. The molecule has 1 aliphatic rings. The van der Waals surface area contributed by atoms with Crippen LogP contribution in [0.2, 0.25) is 10.0 Å². The Morgan fingerprint density at radius 1 is 1.10 bits per heavy atom. The highest BCUT2D eigenvalue weighted by Gasteiger charge is 2.28. The van der Waals surface area contributed by atoms with Crippen LogP contribution in [0.15, 0.2) is 36.4 Å². The van der Waals surface area contributed by atoms with Crippen molar-refractivity contribution in [2.24, 2.45) is 5.73 Å². The number of hydrogen-bond acceptors (Lipinski definition) is 3. The lowest BCUT2D eigenvalue weighted by Gasteiger charge is -2.20. The van der Waals surface area contributed by atoms with Crippen LogP contribution in [0.4, 0.5) is 10.5 Å². The minimum absolute atomic E-state index is 0.0492. The molecule has 29 heavy (non-hydrogen) atoms. The molecule has 3 rings (SSSR count). The second-order valence-corrected chi connectivity index (χ2v) is 8.32. The number of urea groups is 1. The molecule has 3 amide bonds. The fourth-order valence-corrected chi connectivity index (χ4v) is 3.79. The van der Waals surface area contributed by atoms with E-state index in [9.17, 15) is 9.59 Å². The van der Waals surface area contributed by atoms with Crippen LogP contribution in [0.1, 0.15) is 30.5 Å². The van der Waals surface area contributed by atoms with Gasteiger partial charge in [-0.05, 0) is 61.2 Å². The Bertz CT molecular complexity index is 933. The SMILES string of the molecule is CC(C)NC(=O)Nc1ccc2c(c1)CN(C(=O)[C@H](N)Cc1ccc(Cl)cc1Cl)C2. The molecular weight excluding hydrogens is 411 g/mol. The average molecular weight is 435 g/mol. The van der Waals surface area contributed by atoms with Crippen molar-refractivity contribution < 1.29 is 9.59 Å². The summed E-state index contributed by atoms with van der Waals surface area (Å²) in [5.74, 6) is -0.140. The lowest BCUT2D eigenvalue weighted by Crippen LogP contribution is -2.42. The quantitative estimate of drug-likeness (QED) is 0.665. The number of benzene rings is 2. The maximum absolute atomic E-state index is 12.8. The summed E-state index contributed by atoms with van der Waals surface area (Å²) in [7, 11) is 0. The highest BCUT2D eigenvalue weighted by Crippen LogP contribution is 2.27. The normalized spacial score (nSPS) is 13.9. The van der Waals surface area contributed by atoms with Crippen LogP contribution in [0.5, 0.6) is 0 Å². The van der Waals surface area contributed by atoms with Crippen LogP contribution in [0.25, 0.3) is 0 Å². The molecule has 1 atom stereocenters.